The molecule has 0 amide bonds. The molecule has 1 aromatic carbocycles. The molecule has 0 radical (unpaired) electrons. The smallest absolute Gasteiger partial charge is 0.150 e. The number of nitrogens with zero attached hydrogens (tertiary/aromatic N) is 2. The summed E-state index contributed by atoms with van der Waals surface area (Å²) in [7, 11) is 1.76. The van der Waals surface area contributed by atoms with E-state index in [0.29, 0.717) is 4.90 Å². The Bertz CT molecular complexity index is 525. The van der Waals surface area contributed by atoms with Crippen LogP contribution in [-0.2, 0) is 7.05 Å². The van der Waals surface area contributed by atoms with Gasteiger partial charge in [-0.2, -0.15) is 5.10 Å². The van der Waals surface area contributed by atoms with Crippen molar-refractivity contribution in [1.29, 1.82) is 0 Å². The van der Waals surface area contributed by atoms with Gasteiger partial charge in [-0.05, 0) is 6.07 Å². The third-order valence-corrected chi connectivity index (χ3v) is 2.97. The van der Waals surface area contributed by atoms with Crippen molar-refractivity contribution in [3.63, 3.8) is 0 Å². The van der Waals surface area contributed by atoms with Crippen LogP contribution < -0.4 is 5.73 Å². The number of nitrogen functional groups attached to an aromatic ring is 1. The van der Waals surface area contributed by atoms with E-state index < -0.39 is 11.6 Å². The van der Waals surface area contributed by atoms with Crippen LogP contribution in [0, 0.1) is 11.6 Å². The zero-order valence-electron chi connectivity index (χ0n) is 8.45. The first-order chi connectivity index (χ1) is 7.56. The second kappa shape index (κ2) is 4.13. The Hall–Kier alpha value is -1.56. The Labute approximate surface area is 95.3 Å². The van der Waals surface area contributed by atoms with E-state index in [4.69, 9.17) is 5.73 Å². The van der Waals surface area contributed by atoms with Crippen molar-refractivity contribution in [1.82, 2.24) is 9.78 Å². The van der Waals surface area contributed by atoms with E-state index in [9.17, 15) is 8.78 Å². The fraction of sp³-hybridized carbons (Fsp3) is 0.100. The lowest BCUT2D eigenvalue weighted by molar-refractivity contribution is 0.581. The number of aryl methyl sites for hydroxylation is 1. The predicted octanol–water partition coefficient (Wildman–Crippen LogP) is 2.43. The molecule has 1 heterocycles. The van der Waals surface area contributed by atoms with Crippen molar-refractivity contribution in [3.05, 3.63) is 36.2 Å². The highest BCUT2D eigenvalue weighted by atomic mass is 32.2. The summed E-state index contributed by atoms with van der Waals surface area (Å²) in [5, 5.41) is 3.95. The SMILES string of the molecule is Cn1cc(Sc2cc(F)cc(F)c2N)cn1. The minimum Gasteiger partial charge on any atom is -0.395 e. The number of hydrogen-bond donors (Lipinski definition) is 1. The number of nitrogens with two attached hydrogens (primary N) is 1. The van der Waals surface area contributed by atoms with Gasteiger partial charge in [-0.15, -0.1) is 0 Å². The summed E-state index contributed by atoms with van der Waals surface area (Å²) in [6.07, 6.45) is 3.35. The Morgan fingerprint density at radius 1 is 1.38 bits per heavy atom. The molecule has 2 aromatic rings. The van der Waals surface area contributed by atoms with Gasteiger partial charge >= 0.3 is 0 Å². The van der Waals surface area contributed by atoms with Gasteiger partial charge in [0.15, 0.2) is 0 Å². The Kier molecular flexibility index (Phi) is 2.82. The maximum atomic E-state index is 13.1. The highest BCUT2D eigenvalue weighted by Crippen LogP contribution is 2.33. The van der Waals surface area contributed by atoms with Crippen LogP contribution in [0.2, 0.25) is 0 Å². The summed E-state index contributed by atoms with van der Waals surface area (Å²) in [5.41, 5.74) is 5.47. The quantitative estimate of drug-likeness (QED) is 0.821. The van der Waals surface area contributed by atoms with Crippen LogP contribution in [0.15, 0.2) is 34.3 Å². The third-order valence-electron chi connectivity index (χ3n) is 1.97. The number of benzene rings is 1. The summed E-state index contributed by atoms with van der Waals surface area (Å²) in [6.45, 7) is 0. The molecule has 0 fully saturated rings. The van der Waals surface area contributed by atoms with Gasteiger partial charge in [0.2, 0.25) is 0 Å². The van der Waals surface area contributed by atoms with Crippen LogP contribution in [0.25, 0.3) is 0 Å². The summed E-state index contributed by atoms with van der Waals surface area (Å²) in [4.78, 5) is 1.13. The highest BCUT2D eigenvalue weighted by molar-refractivity contribution is 7.99. The summed E-state index contributed by atoms with van der Waals surface area (Å²) in [5.74, 6) is -1.38. The molecule has 0 aliphatic rings. The molecule has 0 spiro atoms. The minimum absolute atomic E-state index is 0.0461. The first-order valence-corrected chi connectivity index (χ1v) is 5.29. The molecule has 2 rings (SSSR count). The van der Waals surface area contributed by atoms with Gasteiger partial charge in [0.05, 0.1) is 16.8 Å². The first kappa shape index (κ1) is 10.9. The average Bonchev–Trinajstić information content (AvgIpc) is 2.60. The topological polar surface area (TPSA) is 43.8 Å². The van der Waals surface area contributed by atoms with E-state index in [0.717, 1.165) is 11.0 Å². The zero-order chi connectivity index (χ0) is 11.7. The molecule has 3 nitrogen and oxygen atoms in total. The number of rotatable bonds is 2. The van der Waals surface area contributed by atoms with Crippen LogP contribution >= 0.6 is 11.8 Å². The number of halogens is 2. The number of hydrogen-bond acceptors (Lipinski definition) is 3. The maximum Gasteiger partial charge on any atom is 0.150 e. The fourth-order valence-corrected chi connectivity index (χ4v) is 2.16. The van der Waals surface area contributed by atoms with Crippen molar-refractivity contribution < 1.29 is 8.78 Å². The summed E-state index contributed by atoms with van der Waals surface area (Å²) in [6, 6.07) is 1.97. The van der Waals surface area contributed by atoms with E-state index >= 15 is 0 Å². The Morgan fingerprint density at radius 3 is 2.75 bits per heavy atom. The van der Waals surface area contributed by atoms with Gasteiger partial charge in [-0.3, -0.25) is 4.68 Å². The third kappa shape index (κ3) is 2.16. The standard InChI is InChI=1S/C10H9F2N3S/c1-15-5-7(4-14-15)16-9-3-6(11)2-8(12)10(9)13/h2-5H,13H2,1H3. The second-order valence-corrected chi connectivity index (χ2v) is 4.37. The minimum atomic E-state index is -0.744. The lowest BCUT2D eigenvalue weighted by Gasteiger charge is -2.04. The predicted molar refractivity (Wildman–Crippen MR) is 58.1 cm³/mol. The van der Waals surface area contributed by atoms with E-state index in [1.807, 2.05) is 0 Å². The van der Waals surface area contributed by atoms with Crippen molar-refractivity contribution in [2.45, 2.75) is 9.79 Å². The monoisotopic (exact) mass is 241 g/mol. The van der Waals surface area contributed by atoms with Crippen molar-refractivity contribution in [2.24, 2.45) is 7.05 Å². The molecule has 16 heavy (non-hydrogen) atoms. The van der Waals surface area contributed by atoms with E-state index in [2.05, 4.69) is 5.10 Å². The molecular weight excluding hydrogens is 232 g/mol. The van der Waals surface area contributed by atoms with Gasteiger partial charge in [-0.1, -0.05) is 11.8 Å². The molecule has 0 saturated heterocycles. The normalized spacial score (nSPS) is 10.7. The van der Waals surface area contributed by atoms with Gasteiger partial charge in [0.25, 0.3) is 0 Å². The molecule has 84 valence electrons. The molecule has 0 saturated carbocycles. The van der Waals surface area contributed by atoms with Crippen LogP contribution in [0.3, 0.4) is 0 Å². The molecule has 0 aliphatic heterocycles. The van der Waals surface area contributed by atoms with Crippen molar-refractivity contribution >= 4 is 17.4 Å². The largest absolute Gasteiger partial charge is 0.395 e. The Balaban J connectivity index is 2.34. The number of anilines is 1. The molecule has 1 aromatic heterocycles. The average molecular weight is 241 g/mol. The first-order valence-electron chi connectivity index (χ1n) is 4.47. The van der Waals surface area contributed by atoms with Gasteiger partial charge < -0.3 is 5.73 Å². The summed E-state index contributed by atoms with van der Waals surface area (Å²) >= 11 is 1.18. The molecule has 2 N–H and O–H groups in total. The van der Waals surface area contributed by atoms with Crippen molar-refractivity contribution in [2.75, 3.05) is 5.73 Å². The molecule has 6 heteroatoms. The molecule has 0 unspecified atom stereocenters. The Morgan fingerprint density at radius 2 is 2.12 bits per heavy atom. The summed E-state index contributed by atoms with van der Waals surface area (Å²) < 4.78 is 27.7. The van der Waals surface area contributed by atoms with Crippen LogP contribution in [0.1, 0.15) is 0 Å². The highest BCUT2D eigenvalue weighted by Gasteiger charge is 2.10. The fourth-order valence-electron chi connectivity index (χ4n) is 1.22. The van der Waals surface area contributed by atoms with E-state index in [1.165, 1.54) is 17.8 Å². The molecule has 0 aliphatic carbocycles. The van der Waals surface area contributed by atoms with Gasteiger partial charge in [0.1, 0.15) is 11.6 Å². The van der Waals surface area contributed by atoms with E-state index in [-0.39, 0.29) is 5.69 Å². The zero-order valence-corrected chi connectivity index (χ0v) is 9.26. The molecule has 0 atom stereocenters. The lowest BCUT2D eigenvalue weighted by Crippen LogP contribution is -1.94. The lowest BCUT2D eigenvalue weighted by atomic mass is 10.3. The van der Waals surface area contributed by atoms with Crippen molar-refractivity contribution in [3.8, 4) is 0 Å². The number of aromatic nitrogens is 2. The van der Waals surface area contributed by atoms with Crippen LogP contribution in [0.4, 0.5) is 14.5 Å². The second-order valence-electron chi connectivity index (χ2n) is 3.25. The van der Waals surface area contributed by atoms with Gasteiger partial charge in [-0.25, -0.2) is 8.78 Å². The van der Waals surface area contributed by atoms with Crippen LogP contribution in [0.5, 0.6) is 0 Å². The molecular formula is C10H9F2N3S. The van der Waals surface area contributed by atoms with Crippen LogP contribution in [-0.4, -0.2) is 9.78 Å². The van der Waals surface area contributed by atoms with Gasteiger partial charge in [0, 0.05) is 24.2 Å². The maximum absolute atomic E-state index is 13.1. The van der Waals surface area contributed by atoms with E-state index in [1.54, 1.807) is 24.1 Å². The molecule has 0 bridgehead atoms.